The van der Waals surface area contributed by atoms with Crippen LogP contribution < -0.4 is 0 Å². The molecule has 3 rings (SSSR count). The molecule has 0 aliphatic carbocycles. The molecule has 2 fully saturated rings. The van der Waals surface area contributed by atoms with Gasteiger partial charge in [0.15, 0.2) is 0 Å². The molecule has 0 aromatic heterocycles. The predicted octanol–water partition coefficient (Wildman–Crippen LogP) is 2.16. The van der Waals surface area contributed by atoms with Gasteiger partial charge >= 0.3 is 5.97 Å². The summed E-state index contributed by atoms with van der Waals surface area (Å²) in [6.07, 6.45) is 3.12. The van der Waals surface area contributed by atoms with Crippen molar-refractivity contribution >= 4 is 11.9 Å². The van der Waals surface area contributed by atoms with Crippen molar-refractivity contribution in [2.24, 2.45) is 5.92 Å². The molecule has 1 aromatic rings. The minimum atomic E-state index is -0.625. The van der Waals surface area contributed by atoms with Crippen molar-refractivity contribution in [2.45, 2.75) is 31.3 Å². The van der Waals surface area contributed by atoms with E-state index in [1.165, 1.54) is 17.7 Å². The number of carbonyl (C=O) groups excluding carboxylic acids is 2. The van der Waals surface area contributed by atoms with Gasteiger partial charge in [0.25, 0.3) is 0 Å². The van der Waals surface area contributed by atoms with Gasteiger partial charge in [-0.1, -0.05) is 36.4 Å². The lowest BCUT2D eigenvalue weighted by Crippen LogP contribution is -2.57. The molecule has 1 spiro atoms. The summed E-state index contributed by atoms with van der Waals surface area (Å²) in [6.45, 7) is 6.34. The molecule has 26 heavy (non-hydrogen) atoms. The fourth-order valence-corrected chi connectivity index (χ4v) is 4.10. The minimum Gasteiger partial charge on any atom is -0.469 e. The van der Waals surface area contributed by atoms with Gasteiger partial charge in [0.2, 0.25) is 5.91 Å². The number of hydrogen-bond acceptors (Lipinski definition) is 5. The number of amides is 1. The molecule has 0 radical (unpaired) electrons. The van der Waals surface area contributed by atoms with Crippen LogP contribution in [0.1, 0.15) is 24.8 Å². The van der Waals surface area contributed by atoms with E-state index in [2.05, 4.69) is 23.6 Å². The number of methoxy groups -OCH3 is 1. The Hall–Kier alpha value is -2.18. The van der Waals surface area contributed by atoms with Crippen molar-refractivity contribution in [3.8, 4) is 0 Å². The first kappa shape index (κ1) is 18.6. The molecule has 6 heteroatoms. The van der Waals surface area contributed by atoms with Crippen LogP contribution in [0.2, 0.25) is 0 Å². The summed E-state index contributed by atoms with van der Waals surface area (Å²) >= 11 is 0. The number of nitrogens with zero attached hydrogens (tertiary/aromatic N) is 2. The molecule has 1 amide bonds. The van der Waals surface area contributed by atoms with Crippen molar-refractivity contribution in [1.82, 2.24) is 9.96 Å². The highest BCUT2D eigenvalue weighted by atomic mass is 16.7. The summed E-state index contributed by atoms with van der Waals surface area (Å²) in [5.41, 5.74) is 0.635. The molecule has 140 valence electrons. The first-order chi connectivity index (χ1) is 12.6. The van der Waals surface area contributed by atoms with Gasteiger partial charge in [0.05, 0.1) is 25.2 Å². The van der Waals surface area contributed by atoms with Crippen LogP contribution in [0.3, 0.4) is 0 Å². The van der Waals surface area contributed by atoms with Crippen molar-refractivity contribution in [3.05, 3.63) is 48.6 Å². The Morgan fingerprint density at radius 3 is 2.62 bits per heavy atom. The Kier molecular flexibility index (Phi) is 5.74. The topological polar surface area (TPSA) is 59.1 Å². The monoisotopic (exact) mass is 358 g/mol. The maximum Gasteiger partial charge on any atom is 0.311 e. The number of benzene rings is 1. The number of ether oxygens (including phenoxy) is 1. The van der Waals surface area contributed by atoms with Crippen molar-refractivity contribution in [3.63, 3.8) is 0 Å². The van der Waals surface area contributed by atoms with Crippen LogP contribution >= 0.6 is 0 Å². The van der Waals surface area contributed by atoms with Crippen LogP contribution in [0.5, 0.6) is 0 Å². The Morgan fingerprint density at radius 1 is 1.31 bits per heavy atom. The highest BCUT2D eigenvalue weighted by Gasteiger charge is 2.58. The van der Waals surface area contributed by atoms with E-state index in [1.54, 1.807) is 6.08 Å². The van der Waals surface area contributed by atoms with Gasteiger partial charge in [0.1, 0.15) is 0 Å². The molecule has 1 unspecified atom stereocenters. The van der Waals surface area contributed by atoms with Crippen LogP contribution in [0, 0.1) is 5.92 Å². The number of hydrogen-bond donors (Lipinski definition) is 0. The van der Waals surface area contributed by atoms with E-state index in [4.69, 9.17) is 9.57 Å². The van der Waals surface area contributed by atoms with Crippen LogP contribution in [0.15, 0.2) is 43.0 Å². The summed E-state index contributed by atoms with van der Waals surface area (Å²) in [5, 5.41) is 1.44. The van der Waals surface area contributed by atoms with Crippen LogP contribution in [0.25, 0.3) is 0 Å². The molecule has 6 nitrogen and oxygen atoms in total. The normalized spacial score (nSPS) is 22.6. The Balaban J connectivity index is 1.75. The van der Waals surface area contributed by atoms with E-state index in [-0.39, 0.29) is 24.9 Å². The minimum absolute atomic E-state index is 0.141. The van der Waals surface area contributed by atoms with Crippen molar-refractivity contribution in [1.29, 1.82) is 0 Å². The second-order valence-corrected chi connectivity index (χ2v) is 6.92. The fourth-order valence-electron chi connectivity index (χ4n) is 4.10. The third-order valence-electron chi connectivity index (χ3n) is 5.44. The summed E-state index contributed by atoms with van der Waals surface area (Å²) < 4.78 is 4.98. The second-order valence-electron chi connectivity index (χ2n) is 6.92. The number of rotatable bonds is 6. The zero-order valence-electron chi connectivity index (χ0n) is 15.2. The quantitative estimate of drug-likeness (QED) is 0.576. The third-order valence-corrected chi connectivity index (χ3v) is 5.44. The van der Waals surface area contributed by atoms with Gasteiger partial charge in [0, 0.05) is 26.1 Å². The zero-order chi connectivity index (χ0) is 18.6. The van der Waals surface area contributed by atoms with Crippen molar-refractivity contribution in [2.75, 3.05) is 26.8 Å². The molecule has 0 bridgehead atoms. The smallest absolute Gasteiger partial charge is 0.311 e. The van der Waals surface area contributed by atoms with Crippen LogP contribution in [0.4, 0.5) is 0 Å². The Morgan fingerprint density at radius 2 is 2.00 bits per heavy atom. The predicted molar refractivity (Wildman–Crippen MR) is 96.8 cm³/mol. The molecule has 2 saturated heterocycles. The average Bonchev–Trinajstić information content (AvgIpc) is 2.94. The fraction of sp³-hybridized carbons (Fsp3) is 0.500. The summed E-state index contributed by atoms with van der Waals surface area (Å²) in [5.74, 6) is -0.970. The lowest BCUT2D eigenvalue weighted by molar-refractivity contribution is -0.218. The lowest BCUT2D eigenvalue weighted by atomic mass is 9.77. The van der Waals surface area contributed by atoms with E-state index in [1.807, 2.05) is 18.2 Å². The molecule has 2 aliphatic rings. The Bertz CT molecular complexity index is 653. The molecule has 0 N–H and O–H groups in total. The SMILES string of the molecule is C=CCON1C(=O)CC(C(=O)OC)C12CCN(Cc1ccccc1)CC2. The first-order valence-corrected chi connectivity index (χ1v) is 9.01. The standard InChI is InChI=1S/C20H26N2O4/c1-3-13-26-22-18(23)14-17(19(24)25-2)20(22)9-11-21(12-10-20)15-16-7-5-4-6-8-16/h3-8,17H,1,9-15H2,2H3. The Labute approximate surface area is 154 Å². The van der Waals surface area contributed by atoms with Gasteiger partial charge in [-0.2, -0.15) is 0 Å². The van der Waals surface area contributed by atoms with Gasteiger partial charge in [-0.05, 0) is 18.4 Å². The summed E-state index contributed by atoms with van der Waals surface area (Å²) in [7, 11) is 1.37. The number of likely N-dealkylation sites (tertiary alicyclic amines) is 1. The molecular weight excluding hydrogens is 332 g/mol. The highest BCUT2D eigenvalue weighted by Crippen LogP contribution is 2.44. The third kappa shape index (κ3) is 3.52. The molecule has 1 atom stereocenters. The van der Waals surface area contributed by atoms with E-state index >= 15 is 0 Å². The van der Waals surface area contributed by atoms with E-state index in [0.717, 1.165) is 19.6 Å². The molecule has 2 heterocycles. The molecular formula is C20H26N2O4. The van der Waals surface area contributed by atoms with E-state index in [0.29, 0.717) is 12.8 Å². The average molecular weight is 358 g/mol. The number of carbonyl (C=O) groups is 2. The largest absolute Gasteiger partial charge is 0.469 e. The van der Waals surface area contributed by atoms with Gasteiger partial charge in [-0.3, -0.25) is 19.3 Å². The highest BCUT2D eigenvalue weighted by molar-refractivity contribution is 5.88. The van der Waals surface area contributed by atoms with E-state index < -0.39 is 11.5 Å². The molecule has 0 saturated carbocycles. The number of esters is 1. The first-order valence-electron chi connectivity index (χ1n) is 9.01. The van der Waals surface area contributed by atoms with Gasteiger partial charge < -0.3 is 4.74 Å². The summed E-state index contributed by atoms with van der Waals surface area (Å²) in [6, 6.07) is 10.3. The maximum absolute atomic E-state index is 12.5. The second kappa shape index (κ2) is 8.01. The summed E-state index contributed by atoms with van der Waals surface area (Å²) in [4.78, 5) is 32.9. The van der Waals surface area contributed by atoms with Gasteiger partial charge in [-0.15, -0.1) is 6.58 Å². The van der Waals surface area contributed by atoms with Crippen LogP contribution in [-0.4, -0.2) is 54.2 Å². The lowest BCUT2D eigenvalue weighted by Gasteiger charge is -2.45. The number of hydroxylamine groups is 2. The number of piperidine rings is 1. The molecule has 1 aromatic carbocycles. The van der Waals surface area contributed by atoms with Crippen molar-refractivity contribution < 1.29 is 19.2 Å². The van der Waals surface area contributed by atoms with Gasteiger partial charge in [-0.25, -0.2) is 5.06 Å². The maximum atomic E-state index is 12.5. The van der Waals surface area contributed by atoms with E-state index in [9.17, 15) is 9.59 Å². The van der Waals surface area contributed by atoms with Crippen LogP contribution in [-0.2, 0) is 25.7 Å². The zero-order valence-corrected chi connectivity index (χ0v) is 15.2. The molecule has 2 aliphatic heterocycles.